The molecule has 0 spiro atoms. The lowest BCUT2D eigenvalue weighted by molar-refractivity contribution is -0.136. The van der Waals surface area contributed by atoms with Crippen LogP contribution in [0.4, 0.5) is 4.79 Å². The molecule has 1 saturated heterocycles. The highest BCUT2D eigenvalue weighted by molar-refractivity contribution is 5.77. The van der Waals surface area contributed by atoms with Crippen LogP contribution in [-0.4, -0.2) is 65.5 Å². The number of ether oxygens (including phenoxy) is 1. The standard InChI is InChI=1S/C33H40N6O5/c1-23(25-8-6-5-7-9-25)18-28(40)37-16-14-33(43,15-17-37)21-38-22-36-39-27(20-34-29(39)30(38)41)26-12-10-24(11-13-26)19-35-31(42)44-32(2,3)4/h5-13,20,22-23,43H,14-19,21H2,1-4H3,(H,35,42)/t23-/m1/s1. The summed E-state index contributed by atoms with van der Waals surface area (Å²) in [6.45, 7) is 8.71. The smallest absolute Gasteiger partial charge is 0.407 e. The predicted molar refractivity (Wildman–Crippen MR) is 166 cm³/mol. The Morgan fingerprint density at radius 1 is 1.07 bits per heavy atom. The van der Waals surface area contributed by atoms with E-state index in [2.05, 4.69) is 15.4 Å². The number of amides is 2. The molecule has 0 bridgehead atoms. The highest BCUT2D eigenvalue weighted by Gasteiger charge is 2.35. The molecule has 1 aliphatic heterocycles. The van der Waals surface area contributed by atoms with Gasteiger partial charge in [-0.2, -0.15) is 5.10 Å². The van der Waals surface area contributed by atoms with Crippen LogP contribution in [0.5, 0.6) is 0 Å². The SMILES string of the molecule is C[C@H](CC(=O)N1CCC(O)(Cn2cnn3c(-c4ccc(CNC(=O)OC(C)(C)C)cc4)cnc3c2=O)CC1)c1ccccc1. The molecule has 11 nitrogen and oxygen atoms in total. The molecule has 2 N–H and O–H groups in total. The van der Waals surface area contributed by atoms with Gasteiger partial charge >= 0.3 is 6.09 Å². The van der Waals surface area contributed by atoms with E-state index in [0.29, 0.717) is 44.6 Å². The van der Waals surface area contributed by atoms with E-state index in [1.807, 2.05) is 82.3 Å². The maximum Gasteiger partial charge on any atom is 0.407 e. The molecule has 3 heterocycles. The number of carbonyl (C=O) groups is 2. The van der Waals surface area contributed by atoms with Crippen LogP contribution in [0.3, 0.4) is 0 Å². The summed E-state index contributed by atoms with van der Waals surface area (Å²) in [4.78, 5) is 44.4. The third kappa shape index (κ3) is 7.34. The topological polar surface area (TPSA) is 131 Å². The number of benzene rings is 2. The molecule has 0 radical (unpaired) electrons. The number of fused-ring (bicyclic) bond motifs is 1. The summed E-state index contributed by atoms with van der Waals surface area (Å²) in [5.41, 5.74) is 1.56. The quantitative estimate of drug-likeness (QED) is 0.311. The minimum Gasteiger partial charge on any atom is -0.444 e. The summed E-state index contributed by atoms with van der Waals surface area (Å²) in [5, 5.41) is 18.5. The molecule has 11 heteroatoms. The fourth-order valence-corrected chi connectivity index (χ4v) is 5.43. The predicted octanol–water partition coefficient (Wildman–Crippen LogP) is 4.13. The van der Waals surface area contributed by atoms with Gasteiger partial charge in [0.25, 0.3) is 5.56 Å². The lowest BCUT2D eigenvalue weighted by Crippen LogP contribution is -2.50. The molecule has 1 aliphatic rings. The van der Waals surface area contributed by atoms with Gasteiger partial charge in [0, 0.05) is 31.6 Å². The Morgan fingerprint density at radius 3 is 2.41 bits per heavy atom. The number of hydrogen-bond acceptors (Lipinski definition) is 7. The van der Waals surface area contributed by atoms with Gasteiger partial charge in [0.15, 0.2) is 0 Å². The number of nitrogens with one attached hydrogen (secondary N) is 1. The van der Waals surface area contributed by atoms with Gasteiger partial charge in [0.1, 0.15) is 11.9 Å². The highest BCUT2D eigenvalue weighted by Crippen LogP contribution is 2.27. The Balaban J connectivity index is 1.20. The summed E-state index contributed by atoms with van der Waals surface area (Å²) in [7, 11) is 0. The van der Waals surface area contributed by atoms with Gasteiger partial charge in [-0.1, -0.05) is 61.5 Å². The molecule has 2 amide bonds. The molecule has 2 aromatic carbocycles. The van der Waals surface area contributed by atoms with Gasteiger partial charge in [-0.15, -0.1) is 0 Å². The number of aliphatic hydroxyl groups is 1. The number of carbonyl (C=O) groups excluding carboxylic acids is 2. The molecule has 44 heavy (non-hydrogen) atoms. The largest absolute Gasteiger partial charge is 0.444 e. The highest BCUT2D eigenvalue weighted by atomic mass is 16.6. The van der Waals surface area contributed by atoms with Crippen LogP contribution >= 0.6 is 0 Å². The molecular formula is C33H40N6O5. The Bertz CT molecular complexity index is 1670. The van der Waals surface area contributed by atoms with Crippen LogP contribution < -0.4 is 10.9 Å². The van der Waals surface area contributed by atoms with Crippen molar-refractivity contribution in [2.45, 2.75) is 77.2 Å². The number of nitrogens with zero attached hydrogens (tertiary/aromatic N) is 5. The van der Waals surface area contributed by atoms with Crippen molar-refractivity contribution < 1.29 is 19.4 Å². The lowest BCUT2D eigenvalue weighted by Gasteiger charge is -2.38. The van der Waals surface area contributed by atoms with E-state index in [0.717, 1.165) is 16.7 Å². The second-order valence-corrected chi connectivity index (χ2v) is 12.6. The first kappa shape index (κ1) is 30.9. The summed E-state index contributed by atoms with van der Waals surface area (Å²) >= 11 is 0. The Morgan fingerprint density at radius 2 is 1.75 bits per heavy atom. The number of imidazole rings is 1. The minimum absolute atomic E-state index is 0.0688. The molecule has 1 atom stereocenters. The van der Waals surface area contributed by atoms with Crippen molar-refractivity contribution in [1.82, 2.24) is 29.4 Å². The molecule has 4 aromatic rings. The Hall–Kier alpha value is -4.51. The maximum absolute atomic E-state index is 13.3. The van der Waals surface area contributed by atoms with Crippen molar-refractivity contribution in [1.29, 1.82) is 0 Å². The molecule has 0 unspecified atom stereocenters. The van der Waals surface area contributed by atoms with Gasteiger partial charge in [0.2, 0.25) is 11.6 Å². The minimum atomic E-state index is -1.13. The van der Waals surface area contributed by atoms with Crippen LogP contribution in [0.15, 0.2) is 71.9 Å². The van der Waals surface area contributed by atoms with E-state index in [9.17, 15) is 19.5 Å². The normalized spacial score (nSPS) is 15.6. The van der Waals surface area contributed by atoms with Crippen LogP contribution in [0.2, 0.25) is 0 Å². The number of piperidine rings is 1. The second-order valence-electron chi connectivity index (χ2n) is 12.6. The molecule has 5 rings (SSSR count). The maximum atomic E-state index is 13.3. The first-order valence-electron chi connectivity index (χ1n) is 15.0. The summed E-state index contributed by atoms with van der Waals surface area (Å²) < 4.78 is 8.16. The Labute approximate surface area is 256 Å². The fourth-order valence-electron chi connectivity index (χ4n) is 5.43. The van der Waals surface area contributed by atoms with E-state index in [1.54, 1.807) is 11.1 Å². The number of likely N-dealkylation sites (tertiary alicyclic amines) is 1. The van der Waals surface area contributed by atoms with E-state index in [4.69, 9.17) is 4.74 Å². The molecule has 0 aliphatic carbocycles. The molecule has 232 valence electrons. The summed E-state index contributed by atoms with van der Waals surface area (Å²) in [6, 6.07) is 17.5. The first-order chi connectivity index (χ1) is 20.9. The van der Waals surface area contributed by atoms with Gasteiger partial charge in [-0.3, -0.25) is 14.2 Å². The van der Waals surface area contributed by atoms with E-state index in [1.165, 1.54) is 15.4 Å². The van der Waals surface area contributed by atoms with Crippen LogP contribution in [0.25, 0.3) is 16.9 Å². The number of rotatable bonds is 8. The average Bonchev–Trinajstić information content (AvgIpc) is 3.42. The molecule has 1 fully saturated rings. The van der Waals surface area contributed by atoms with E-state index in [-0.39, 0.29) is 29.6 Å². The van der Waals surface area contributed by atoms with Crippen molar-refractivity contribution in [2.75, 3.05) is 13.1 Å². The fraction of sp³-hybridized carbons (Fsp3) is 0.424. The second kappa shape index (κ2) is 12.6. The van der Waals surface area contributed by atoms with Crippen LogP contribution in [0, 0.1) is 0 Å². The number of aromatic nitrogens is 4. The zero-order valence-corrected chi connectivity index (χ0v) is 25.7. The Kier molecular flexibility index (Phi) is 8.87. The third-order valence-electron chi connectivity index (χ3n) is 7.94. The van der Waals surface area contributed by atoms with Crippen molar-refractivity contribution in [3.63, 3.8) is 0 Å². The molecule has 0 saturated carbocycles. The van der Waals surface area contributed by atoms with Gasteiger partial charge in [0.05, 0.1) is 24.0 Å². The van der Waals surface area contributed by atoms with E-state index >= 15 is 0 Å². The monoisotopic (exact) mass is 600 g/mol. The van der Waals surface area contributed by atoms with Crippen molar-refractivity contribution in [3.05, 3.63) is 88.6 Å². The van der Waals surface area contributed by atoms with Gasteiger partial charge < -0.3 is 20.1 Å². The molecule has 2 aromatic heterocycles. The zero-order valence-electron chi connectivity index (χ0n) is 25.7. The average molecular weight is 601 g/mol. The number of alkyl carbamates (subject to hydrolysis) is 1. The lowest BCUT2D eigenvalue weighted by atomic mass is 9.90. The van der Waals surface area contributed by atoms with E-state index < -0.39 is 17.3 Å². The van der Waals surface area contributed by atoms with Crippen molar-refractivity contribution in [2.24, 2.45) is 0 Å². The van der Waals surface area contributed by atoms with Crippen LogP contribution in [0.1, 0.15) is 64.0 Å². The van der Waals surface area contributed by atoms with Crippen molar-refractivity contribution >= 4 is 17.6 Å². The molecular weight excluding hydrogens is 560 g/mol. The summed E-state index contributed by atoms with van der Waals surface area (Å²) in [6.07, 6.45) is 3.68. The zero-order chi connectivity index (χ0) is 31.5. The number of hydrogen-bond donors (Lipinski definition) is 2. The van der Waals surface area contributed by atoms with Crippen molar-refractivity contribution in [3.8, 4) is 11.3 Å². The van der Waals surface area contributed by atoms with Crippen LogP contribution in [-0.2, 0) is 22.6 Å². The summed E-state index contributed by atoms with van der Waals surface area (Å²) in [5.74, 6) is 0.181. The third-order valence-corrected chi connectivity index (χ3v) is 7.94. The van der Waals surface area contributed by atoms with Gasteiger partial charge in [-0.05, 0) is 50.7 Å². The van der Waals surface area contributed by atoms with Gasteiger partial charge in [-0.25, -0.2) is 14.3 Å². The first-order valence-corrected chi connectivity index (χ1v) is 15.0.